The summed E-state index contributed by atoms with van der Waals surface area (Å²) in [5, 5.41) is 3.25. The van der Waals surface area contributed by atoms with Gasteiger partial charge in [-0.15, -0.1) is 11.6 Å². The Kier molecular flexibility index (Phi) is 6.17. The summed E-state index contributed by atoms with van der Waals surface area (Å²) in [6.45, 7) is 2.05. The largest absolute Gasteiger partial charge is 0.383 e. The van der Waals surface area contributed by atoms with Gasteiger partial charge in [-0.05, 0) is 27.6 Å². The lowest BCUT2D eigenvalue weighted by Crippen LogP contribution is -2.25. The van der Waals surface area contributed by atoms with E-state index in [1.54, 1.807) is 13.3 Å². The summed E-state index contributed by atoms with van der Waals surface area (Å²) >= 11 is 9.34. The Morgan fingerprint density at radius 2 is 2.40 bits per heavy atom. The Hall–Kier alpha value is -0.160. The molecule has 0 aliphatic rings. The zero-order chi connectivity index (χ0) is 11.1. The van der Waals surface area contributed by atoms with E-state index in [2.05, 4.69) is 26.2 Å². The van der Waals surface area contributed by atoms with Gasteiger partial charge in [0.05, 0.1) is 12.0 Å². The van der Waals surface area contributed by atoms with Crippen LogP contribution in [0.3, 0.4) is 0 Å². The number of methoxy groups -OCH3 is 1. The van der Waals surface area contributed by atoms with Crippen molar-refractivity contribution in [2.45, 2.75) is 11.9 Å². The maximum absolute atomic E-state index is 5.97. The van der Waals surface area contributed by atoms with Crippen molar-refractivity contribution in [1.82, 2.24) is 10.3 Å². The molecule has 0 saturated heterocycles. The number of hydrogen-bond donors (Lipinski definition) is 1. The first kappa shape index (κ1) is 12.9. The molecule has 0 saturated carbocycles. The molecule has 0 fully saturated rings. The van der Waals surface area contributed by atoms with E-state index in [1.165, 1.54) is 0 Å². The second kappa shape index (κ2) is 7.17. The first-order valence-corrected chi connectivity index (χ1v) is 5.88. The number of pyridine rings is 1. The number of rotatable bonds is 6. The minimum atomic E-state index is 0.00936. The minimum absolute atomic E-state index is 0.00936. The van der Waals surface area contributed by atoms with Gasteiger partial charge in [0.1, 0.15) is 0 Å². The predicted octanol–water partition coefficient (Wildman–Crippen LogP) is 2.19. The molecule has 1 unspecified atom stereocenters. The SMILES string of the molecule is COCC(Cl)CNCc1cncc(Br)c1. The summed E-state index contributed by atoms with van der Waals surface area (Å²) in [6.07, 6.45) is 3.59. The van der Waals surface area contributed by atoms with Crippen LogP contribution in [0.1, 0.15) is 5.56 Å². The molecule has 0 spiro atoms. The molecule has 0 aliphatic carbocycles. The summed E-state index contributed by atoms with van der Waals surface area (Å²) < 4.78 is 5.92. The first-order valence-electron chi connectivity index (χ1n) is 4.65. The first-order chi connectivity index (χ1) is 7.22. The molecular weight excluding hydrogens is 279 g/mol. The zero-order valence-corrected chi connectivity index (χ0v) is 10.9. The fourth-order valence-electron chi connectivity index (χ4n) is 1.17. The average Bonchev–Trinajstić information content (AvgIpc) is 2.18. The molecule has 0 aromatic carbocycles. The second-order valence-electron chi connectivity index (χ2n) is 3.19. The standard InChI is InChI=1S/C10H14BrClN2O/c1-15-7-10(12)6-14-4-8-2-9(11)5-13-3-8/h2-3,5,10,14H,4,6-7H2,1H3. The van der Waals surface area contributed by atoms with Crippen molar-refractivity contribution in [1.29, 1.82) is 0 Å². The Bertz CT molecular complexity index is 299. The highest BCUT2D eigenvalue weighted by atomic mass is 79.9. The fraction of sp³-hybridized carbons (Fsp3) is 0.500. The van der Waals surface area contributed by atoms with Crippen molar-refractivity contribution >= 4 is 27.5 Å². The highest BCUT2D eigenvalue weighted by molar-refractivity contribution is 9.10. The van der Waals surface area contributed by atoms with E-state index in [-0.39, 0.29) is 5.38 Å². The molecular formula is C10H14BrClN2O. The summed E-state index contributed by atoms with van der Waals surface area (Å²) in [7, 11) is 1.65. The van der Waals surface area contributed by atoms with Crippen molar-refractivity contribution in [3.8, 4) is 0 Å². The monoisotopic (exact) mass is 292 g/mol. The lowest BCUT2D eigenvalue weighted by atomic mass is 10.3. The smallest absolute Gasteiger partial charge is 0.0694 e. The van der Waals surface area contributed by atoms with Gasteiger partial charge in [-0.1, -0.05) is 0 Å². The van der Waals surface area contributed by atoms with Gasteiger partial charge in [0.2, 0.25) is 0 Å². The van der Waals surface area contributed by atoms with Crippen LogP contribution >= 0.6 is 27.5 Å². The van der Waals surface area contributed by atoms with Crippen LogP contribution in [0.2, 0.25) is 0 Å². The van der Waals surface area contributed by atoms with Gasteiger partial charge in [0.25, 0.3) is 0 Å². The van der Waals surface area contributed by atoms with Gasteiger partial charge >= 0.3 is 0 Å². The van der Waals surface area contributed by atoms with Crippen LogP contribution in [-0.4, -0.2) is 30.6 Å². The van der Waals surface area contributed by atoms with Gasteiger partial charge in [0, 0.05) is 37.1 Å². The quantitative estimate of drug-likeness (QED) is 0.817. The van der Waals surface area contributed by atoms with Crippen molar-refractivity contribution in [2.75, 3.05) is 20.3 Å². The maximum atomic E-state index is 5.97. The third kappa shape index (κ3) is 5.47. The number of ether oxygens (including phenoxy) is 1. The lowest BCUT2D eigenvalue weighted by Gasteiger charge is -2.09. The van der Waals surface area contributed by atoms with Gasteiger partial charge in [0.15, 0.2) is 0 Å². The minimum Gasteiger partial charge on any atom is -0.383 e. The van der Waals surface area contributed by atoms with Crippen molar-refractivity contribution in [2.24, 2.45) is 0 Å². The molecule has 0 aliphatic heterocycles. The lowest BCUT2D eigenvalue weighted by molar-refractivity contribution is 0.197. The summed E-state index contributed by atoms with van der Waals surface area (Å²) in [6, 6.07) is 2.03. The number of nitrogens with zero attached hydrogens (tertiary/aromatic N) is 1. The second-order valence-corrected chi connectivity index (χ2v) is 4.73. The molecule has 1 N–H and O–H groups in total. The van der Waals surface area contributed by atoms with E-state index in [4.69, 9.17) is 16.3 Å². The van der Waals surface area contributed by atoms with E-state index >= 15 is 0 Å². The highest BCUT2D eigenvalue weighted by Crippen LogP contribution is 2.09. The van der Waals surface area contributed by atoms with Crippen LogP contribution in [0.15, 0.2) is 22.9 Å². The zero-order valence-electron chi connectivity index (χ0n) is 8.54. The van der Waals surface area contributed by atoms with Crippen molar-refractivity contribution in [3.63, 3.8) is 0 Å². The van der Waals surface area contributed by atoms with E-state index < -0.39 is 0 Å². The maximum Gasteiger partial charge on any atom is 0.0694 e. The van der Waals surface area contributed by atoms with Crippen LogP contribution in [0.25, 0.3) is 0 Å². The van der Waals surface area contributed by atoms with Crippen molar-refractivity contribution < 1.29 is 4.74 Å². The summed E-state index contributed by atoms with van der Waals surface area (Å²) in [5.41, 5.74) is 1.13. The molecule has 1 rings (SSSR count). The molecule has 5 heteroatoms. The van der Waals surface area contributed by atoms with Crippen LogP contribution in [0.5, 0.6) is 0 Å². The molecule has 0 amide bonds. The molecule has 1 aromatic rings. The summed E-state index contributed by atoms with van der Waals surface area (Å²) in [5.74, 6) is 0. The average molecular weight is 294 g/mol. The molecule has 1 atom stereocenters. The highest BCUT2D eigenvalue weighted by Gasteiger charge is 2.02. The van der Waals surface area contributed by atoms with Gasteiger partial charge in [-0.3, -0.25) is 4.98 Å². The van der Waals surface area contributed by atoms with E-state index in [9.17, 15) is 0 Å². The Labute approximate surface area is 103 Å². The molecule has 15 heavy (non-hydrogen) atoms. The number of hydrogen-bond acceptors (Lipinski definition) is 3. The van der Waals surface area contributed by atoms with Gasteiger partial charge in [-0.25, -0.2) is 0 Å². The van der Waals surface area contributed by atoms with E-state index in [0.717, 1.165) is 23.1 Å². The topological polar surface area (TPSA) is 34.1 Å². The van der Waals surface area contributed by atoms with Crippen LogP contribution in [0, 0.1) is 0 Å². The van der Waals surface area contributed by atoms with Crippen LogP contribution < -0.4 is 5.32 Å². The Balaban J connectivity index is 2.25. The third-order valence-corrected chi connectivity index (χ3v) is 2.52. The number of halogens is 2. The van der Waals surface area contributed by atoms with Crippen LogP contribution in [-0.2, 0) is 11.3 Å². The predicted molar refractivity (Wildman–Crippen MR) is 65.2 cm³/mol. The van der Waals surface area contributed by atoms with Crippen LogP contribution in [0.4, 0.5) is 0 Å². The Morgan fingerprint density at radius 3 is 3.07 bits per heavy atom. The molecule has 1 heterocycles. The number of aromatic nitrogens is 1. The fourth-order valence-corrected chi connectivity index (χ4v) is 1.81. The molecule has 3 nitrogen and oxygen atoms in total. The molecule has 1 aromatic heterocycles. The molecule has 84 valence electrons. The van der Waals surface area contributed by atoms with Crippen molar-refractivity contribution in [3.05, 3.63) is 28.5 Å². The summed E-state index contributed by atoms with van der Waals surface area (Å²) in [4.78, 5) is 4.07. The van der Waals surface area contributed by atoms with Gasteiger partial charge < -0.3 is 10.1 Å². The Morgan fingerprint density at radius 1 is 1.60 bits per heavy atom. The third-order valence-electron chi connectivity index (χ3n) is 1.80. The molecule has 0 bridgehead atoms. The number of nitrogens with one attached hydrogen (secondary N) is 1. The van der Waals surface area contributed by atoms with E-state index in [0.29, 0.717) is 6.61 Å². The number of alkyl halides is 1. The normalized spacial score (nSPS) is 12.7. The molecule has 0 radical (unpaired) electrons. The van der Waals surface area contributed by atoms with Gasteiger partial charge in [-0.2, -0.15) is 0 Å². The van der Waals surface area contributed by atoms with E-state index in [1.807, 2.05) is 12.3 Å².